The first kappa shape index (κ1) is 26.3. The number of amidine groups is 1. The van der Waals surface area contributed by atoms with Crippen LogP contribution in [0, 0.1) is 11.3 Å². The minimum Gasteiger partial charge on any atom is -0.444 e. The number of likely N-dealkylation sites (tertiary alicyclic amines) is 2. The Morgan fingerprint density at radius 1 is 0.973 bits per heavy atom. The summed E-state index contributed by atoms with van der Waals surface area (Å²) >= 11 is 0. The zero-order valence-corrected chi connectivity index (χ0v) is 21.4. The molecule has 196 valence electrons. The first-order valence-corrected chi connectivity index (χ1v) is 12.8. The molecule has 0 bridgehead atoms. The molecule has 2 aromatic carbocycles. The second kappa shape index (κ2) is 12.0. The summed E-state index contributed by atoms with van der Waals surface area (Å²) in [4.78, 5) is 41.7. The zero-order valence-electron chi connectivity index (χ0n) is 21.4. The molecule has 2 heterocycles. The molecule has 2 saturated heterocycles. The number of alkyl carbamates (subject to hydrolysis) is 1. The smallest absolute Gasteiger partial charge is 0.413 e. The number of ether oxygens (including phenoxy) is 1. The molecule has 0 unspecified atom stereocenters. The van der Waals surface area contributed by atoms with Gasteiger partial charge in [-0.25, -0.2) is 4.79 Å². The van der Waals surface area contributed by atoms with Gasteiger partial charge in [-0.3, -0.25) is 25.2 Å². The number of nitrogens with zero attached hydrogens (tertiary/aromatic N) is 2. The number of carbonyl (C=O) groups excluding carboxylic acids is 3. The maximum atomic E-state index is 13.1. The minimum atomic E-state index is -0.696. The Morgan fingerprint density at radius 2 is 1.70 bits per heavy atom. The SMILES string of the molecule is C[C@H]1CCN(C)[C@@H](C(=O)N2CC[C@H]2C(=O)NCc2ccc(C(=N)NC(=O)OCc3ccccc3)cc2)C1. The summed E-state index contributed by atoms with van der Waals surface area (Å²) in [7, 11) is 1.98. The molecular weight excluding hydrogens is 470 g/mol. The summed E-state index contributed by atoms with van der Waals surface area (Å²) < 4.78 is 5.15. The summed E-state index contributed by atoms with van der Waals surface area (Å²) in [5.41, 5.74) is 2.24. The van der Waals surface area contributed by atoms with Crippen LogP contribution in [0.25, 0.3) is 0 Å². The molecule has 0 aromatic heterocycles. The molecule has 2 aliphatic heterocycles. The lowest BCUT2D eigenvalue weighted by Gasteiger charge is -2.45. The minimum absolute atomic E-state index is 0.0538. The molecule has 9 nitrogen and oxygen atoms in total. The van der Waals surface area contributed by atoms with E-state index in [4.69, 9.17) is 10.1 Å². The van der Waals surface area contributed by atoms with Crippen LogP contribution in [0.1, 0.15) is 42.9 Å². The summed E-state index contributed by atoms with van der Waals surface area (Å²) in [6.07, 6.45) is 1.91. The van der Waals surface area contributed by atoms with Crippen molar-refractivity contribution >= 4 is 23.7 Å². The average Bonchev–Trinajstić information content (AvgIpc) is 2.88. The number of piperidine rings is 1. The van der Waals surface area contributed by atoms with E-state index in [0.29, 0.717) is 31.0 Å². The number of rotatable bonds is 7. The molecule has 0 spiro atoms. The Labute approximate surface area is 217 Å². The van der Waals surface area contributed by atoms with Crippen molar-refractivity contribution in [3.8, 4) is 0 Å². The second-order valence-electron chi connectivity index (χ2n) is 9.94. The highest BCUT2D eigenvalue weighted by molar-refractivity contribution is 6.04. The van der Waals surface area contributed by atoms with Crippen LogP contribution in [0.3, 0.4) is 0 Å². The number of hydrogen-bond donors (Lipinski definition) is 3. The van der Waals surface area contributed by atoms with Crippen LogP contribution in [-0.4, -0.2) is 65.8 Å². The maximum absolute atomic E-state index is 13.1. The van der Waals surface area contributed by atoms with Gasteiger partial charge >= 0.3 is 6.09 Å². The van der Waals surface area contributed by atoms with Crippen LogP contribution in [-0.2, 0) is 27.5 Å². The topological polar surface area (TPSA) is 115 Å². The first-order valence-electron chi connectivity index (χ1n) is 12.8. The predicted molar refractivity (Wildman–Crippen MR) is 140 cm³/mol. The van der Waals surface area contributed by atoms with E-state index >= 15 is 0 Å². The van der Waals surface area contributed by atoms with Gasteiger partial charge in [0.05, 0.1) is 6.04 Å². The molecule has 9 heteroatoms. The lowest BCUT2D eigenvalue weighted by atomic mass is 9.90. The van der Waals surface area contributed by atoms with Gasteiger partial charge in [0.25, 0.3) is 0 Å². The van der Waals surface area contributed by atoms with Gasteiger partial charge in [0.1, 0.15) is 18.5 Å². The summed E-state index contributed by atoms with van der Waals surface area (Å²) in [6, 6.07) is 15.8. The highest BCUT2D eigenvalue weighted by Gasteiger charge is 2.42. The number of hydrogen-bond acceptors (Lipinski definition) is 6. The van der Waals surface area contributed by atoms with Crippen molar-refractivity contribution in [1.29, 1.82) is 5.41 Å². The van der Waals surface area contributed by atoms with Crippen LogP contribution < -0.4 is 10.6 Å². The number of nitrogens with one attached hydrogen (secondary N) is 3. The fraction of sp³-hybridized carbons (Fsp3) is 0.429. The highest BCUT2D eigenvalue weighted by Crippen LogP contribution is 2.26. The molecule has 4 rings (SSSR count). The van der Waals surface area contributed by atoms with Crippen LogP contribution >= 0.6 is 0 Å². The number of carbonyl (C=O) groups is 3. The Hall–Kier alpha value is -3.72. The molecule has 2 aliphatic rings. The molecule has 2 aromatic rings. The normalized spacial score (nSPS) is 21.5. The fourth-order valence-corrected chi connectivity index (χ4v) is 4.69. The maximum Gasteiger partial charge on any atom is 0.413 e. The Bertz CT molecular complexity index is 1120. The van der Waals surface area contributed by atoms with Crippen molar-refractivity contribution in [3.63, 3.8) is 0 Å². The van der Waals surface area contributed by atoms with Crippen molar-refractivity contribution in [3.05, 3.63) is 71.3 Å². The van der Waals surface area contributed by atoms with Crippen molar-refractivity contribution in [1.82, 2.24) is 20.4 Å². The van der Waals surface area contributed by atoms with Crippen LogP contribution in [0.5, 0.6) is 0 Å². The van der Waals surface area contributed by atoms with Gasteiger partial charge < -0.3 is 15.0 Å². The van der Waals surface area contributed by atoms with E-state index in [1.807, 2.05) is 37.4 Å². The first-order chi connectivity index (χ1) is 17.8. The molecule has 3 atom stereocenters. The number of amides is 3. The van der Waals surface area contributed by atoms with E-state index in [1.165, 1.54) is 0 Å². The van der Waals surface area contributed by atoms with Gasteiger partial charge in [-0.2, -0.15) is 0 Å². The van der Waals surface area contributed by atoms with Gasteiger partial charge in [0, 0.05) is 18.7 Å². The largest absolute Gasteiger partial charge is 0.444 e. The van der Waals surface area contributed by atoms with Gasteiger partial charge in [-0.05, 0) is 49.9 Å². The quantitative estimate of drug-likeness (QED) is 0.395. The van der Waals surface area contributed by atoms with Crippen LogP contribution in [0.4, 0.5) is 4.79 Å². The van der Waals surface area contributed by atoms with E-state index in [9.17, 15) is 14.4 Å². The van der Waals surface area contributed by atoms with E-state index < -0.39 is 12.1 Å². The van der Waals surface area contributed by atoms with Gasteiger partial charge in [0.2, 0.25) is 11.8 Å². The van der Waals surface area contributed by atoms with Gasteiger partial charge in [-0.15, -0.1) is 0 Å². The van der Waals surface area contributed by atoms with Crippen LogP contribution in [0.15, 0.2) is 54.6 Å². The molecule has 0 saturated carbocycles. The van der Waals surface area contributed by atoms with E-state index in [0.717, 1.165) is 30.5 Å². The third-order valence-corrected chi connectivity index (χ3v) is 7.17. The summed E-state index contributed by atoms with van der Waals surface area (Å²) in [5.74, 6) is 0.349. The lowest BCUT2D eigenvalue weighted by molar-refractivity contribution is -0.152. The average molecular weight is 506 g/mol. The van der Waals surface area contributed by atoms with Crippen molar-refractivity contribution in [2.45, 2.75) is 51.4 Å². The third-order valence-electron chi connectivity index (χ3n) is 7.17. The second-order valence-corrected chi connectivity index (χ2v) is 9.94. The summed E-state index contributed by atoms with van der Waals surface area (Å²) in [5, 5.41) is 13.5. The van der Waals surface area contributed by atoms with E-state index in [2.05, 4.69) is 22.5 Å². The third kappa shape index (κ3) is 6.74. The van der Waals surface area contributed by atoms with Crippen molar-refractivity contribution < 1.29 is 19.1 Å². The standard InChI is InChI=1S/C28H35N5O4/c1-19-12-14-32(2)24(16-19)27(35)33-15-13-23(33)26(34)30-17-20-8-10-22(11-9-20)25(29)31-28(36)37-18-21-6-4-3-5-7-21/h3-11,19,23-24H,12-18H2,1-2H3,(H,30,34)(H2,29,31,36)/t19-,23-,24+/m0/s1. The highest BCUT2D eigenvalue weighted by atomic mass is 16.5. The molecule has 0 aliphatic carbocycles. The predicted octanol–water partition coefficient (Wildman–Crippen LogP) is 2.89. The van der Waals surface area contributed by atoms with Crippen molar-refractivity contribution in [2.75, 3.05) is 20.1 Å². The number of likely N-dealkylation sites (N-methyl/N-ethyl adjacent to an activating group) is 1. The van der Waals surface area contributed by atoms with E-state index in [-0.39, 0.29) is 30.3 Å². The molecule has 3 N–H and O–H groups in total. The van der Waals surface area contributed by atoms with Gasteiger partial charge in [0.15, 0.2) is 0 Å². The van der Waals surface area contributed by atoms with Crippen LogP contribution in [0.2, 0.25) is 0 Å². The zero-order chi connectivity index (χ0) is 26.4. The van der Waals surface area contributed by atoms with Gasteiger partial charge in [-0.1, -0.05) is 61.5 Å². The molecule has 3 amide bonds. The Morgan fingerprint density at radius 3 is 2.38 bits per heavy atom. The number of benzene rings is 2. The fourth-order valence-electron chi connectivity index (χ4n) is 4.69. The molecule has 0 radical (unpaired) electrons. The monoisotopic (exact) mass is 505 g/mol. The molecule has 2 fully saturated rings. The summed E-state index contributed by atoms with van der Waals surface area (Å²) in [6.45, 7) is 4.14. The van der Waals surface area contributed by atoms with E-state index in [1.54, 1.807) is 29.2 Å². The Balaban J connectivity index is 1.22. The van der Waals surface area contributed by atoms with Crippen molar-refractivity contribution in [2.24, 2.45) is 5.92 Å². The Kier molecular flexibility index (Phi) is 8.55. The lowest BCUT2D eigenvalue weighted by Crippen LogP contribution is -2.62. The molecular formula is C28H35N5O4. The molecule has 37 heavy (non-hydrogen) atoms.